The van der Waals surface area contributed by atoms with Gasteiger partial charge in [0.2, 0.25) is 11.8 Å². The van der Waals surface area contributed by atoms with Crippen LogP contribution in [-0.4, -0.2) is 75.0 Å². The number of carbonyl (C=O) groups excluding carboxylic acids is 2. The second-order valence-electron chi connectivity index (χ2n) is 5.97. The normalized spacial score (nSPS) is 11.8. The van der Waals surface area contributed by atoms with E-state index in [0.29, 0.717) is 19.0 Å². The Hall–Kier alpha value is -1.44. The summed E-state index contributed by atoms with van der Waals surface area (Å²) in [7, 11) is 3.40. The summed E-state index contributed by atoms with van der Waals surface area (Å²) in [6, 6.07) is 0. The molecule has 0 radical (unpaired) electrons. The van der Waals surface area contributed by atoms with E-state index in [-0.39, 0.29) is 18.4 Å². The van der Waals surface area contributed by atoms with Crippen LogP contribution in [0.1, 0.15) is 20.8 Å². The molecule has 0 saturated carbocycles. The number of nitrogens with one attached hydrogen (secondary N) is 3. The van der Waals surface area contributed by atoms with Gasteiger partial charge in [-0.05, 0) is 27.0 Å². The molecule has 0 heterocycles. The predicted molar refractivity (Wildman–Crippen MR) is 97.8 cm³/mol. The summed E-state index contributed by atoms with van der Waals surface area (Å²) in [5, 5.41) is 9.15. The zero-order valence-corrected chi connectivity index (χ0v) is 16.0. The van der Waals surface area contributed by atoms with Crippen LogP contribution in [0.15, 0.2) is 4.99 Å². The number of thioether (sulfide) groups is 1. The van der Waals surface area contributed by atoms with Crippen molar-refractivity contribution in [3.8, 4) is 0 Å². The number of rotatable bonds is 9. The molecule has 0 spiro atoms. The van der Waals surface area contributed by atoms with Crippen molar-refractivity contribution in [2.45, 2.75) is 20.8 Å². The van der Waals surface area contributed by atoms with E-state index in [9.17, 15) is 9.59 Å². The molecule has 8 heteroatoms. The minimum atomic E-state index is -0.566. The SMILES string of the molecule is CCNC(=O)C(C)(C)CNC(=NCC(=O)N(C)C)NCCSC. The number of amides is 2. The van der Waals surface area contributed by atoms with Gasteiger partial charge in [-0.3, -0.25) is 9.59 Å². The number of hydrogen-bond acceptors (Lipinski definition) is 4. The Morgan fingerprint density at radius 3 is 2.35 bits per heavy atom. The van der Waals surface area contributed by atoms with E-state index >= 15 is 0 Å². The monoisotopic (exact) mass is 345 g/mol. The summed E-state index contributed by atoms with van der Waals surface area (Å²) >= 11 is 1.72. The number of guanidine groups is 1. The summed E-state index contributed by atoms with van der Waals surface area (Å²) in [4.78, 5) is 29.5. The van der Waals surface area contributed by atoms with Gasteiger partial charge in [0.25, 0.3) is 0 Å². The lowest BCUT2D eigenvalue weighted by Gasteiger charge is -2.25. The van der Waals surface area contributed by atoms with Gasteiger partial charge in [0.1, 0.15) is 6.54 Å². The van der Waals surface area contributed by atoms with Gasteiger partial charge in [0.05, 0.1) is 5.41 Å². The molecule has 0 saturated heterocycles. The maximum Gasteiger partial charge on any atom is 0.243 e. The van der Waals surface area contributed by atoms with Gasteiger partial charge >= 0.3 is 0 Å². The summed E-state index contributed by atoms with van der Waals surface area (Å²) in [5.74, 6) is 1.40. The van der Waals surface area contributed by atoms with Crippen LogP contribution in [0.2, 0.25) is 0 Å². The molecule has 2 amide bonds. The van der Waals surface area contributed by atoms with Crippen LogP contribution in [0.25, 0.3) is 0 Å². The zero-order chi connectivity index (χ0) is 17.9. The van der Waals surface area contributed by atoms with E-state index < -0.39 is 5.41 Å². The van der Waals surface area contributed by atoms with Crippen LogP contribution >= 0.6 is 11.8 Å². The number of likely N-dealkylation sites (N-methyl/N-ethyl adjacent to an activating group) is 1. The van der Waals surface area contributed by atoms with E-state index in [1.54, 1.807) is 25.9 Å². The van der Waals surface area contributed by atoms with Gasteiger partial charge in [0.15, 0.2) is 5.96 Å². The van der Waals surface area contributed by atoms with E-state index in [4.69, 9.17) is 0 Å². The van der Waals surface area contributed by atoms with Gasteiger partial charge < -0.3 is 20.9 Å². The molecule has 0 unspecified atom stereocenters. The van der Waals surface area contributed by atoms with Crippen LogP contribution in [0.4, 0.5) is 0 Å². The third kappa shape index (κ3) is 9.32. The quantitative estimate of drug-likeness (QED) is 0.314. The first-order chi connectivity index (χ1) is 10.7. The average Bonchev–Trinajstić information content (AvgIpc) is 2.49. The molecule has 3 N–H and O–H groups in total. The third-order valence-corrected chi connectivity index (χ3v) is 3.73. The van der Waals surface area contributed by atoms with Gasteiger partial charge in [-0.2, -0.15) is 11.8 Å². The fraction of sp³-hybridized carbons (Fsp3) is 0.800. The first-order valence-electron chi connectivity index (χ1n) is 7.74. The van der Waals surface area contributed by atoms with Crippen molar-refractivity contribution in [3.05, 3.63) is 0 Å². The number of carbonyl (C=O) groups is 2. The van der Waals surface area contributed by atoms with Crippen LogP contribution in [0, 0.1) is 5.41 Å². The number of nitrogens with zero attached hydrogens (tertiary/aromatic N) is 2. The Bertz CT molecular complexity index is 411. The van der Waals surface area contributed by atoms with Crippen LogP contribution in [-0.2, 0) is 9.59 Å². The highest BCUT2D eigenvalue weighted by Crippen LogP contribution is 2.13. The van der Waals surface area contributed by atoms with Crippen molar-refractivity contribution < 1.29 is 9.59 Å². The van der Waals surface area contributed by atoms with Crippen LogP contribution < -0.4 is 16.0 Å². The van der Waals surface area contributed by atoms with Gasteiger partial charge in [-0.15, -0.1) is 0 Å². The number of aliphatic imine (C=N–C) groups is 1. The zero-order valence-electron chi connectivity index (χ0n) is 15.2. The fourth-order valence-corrected chi connectivity index (χ4v) is 1.82. The van der Waals surface area contributed by atoms with Crippen molar-refractivity contribution in [1.82, 2.24) is 20.9 Å². The van der Waals surface area contributed by atoms with Gasteiger partial charge in [-0.25, -0.2) is 4.99 Å². The average molecular weight is 346 g/mol. The smallest absolute Gasteiger partial charge is 0.243 e. The van der Waals surface area contributed by atoms with E-state index in [1.165, 1.54) is 4.90 Å². The second-order valence-corrected chi connectivity index (χ2v) is 6.96. The van der Waals surface area contributed by atoms with E-state index in [2.05, 4.69) is 20.9 Å². The molecule has 0 rings (SSSR count). The Morgan fingerprint density at radius 2 is 1.83 bits per heavy atom. The highest BCUT2D eigenvalue weighted by Gasteiger charge is 2.27. The van der Waals surface area contributed by atoms with Gasteiger partial charge in [-0.1, -0.05) is 0 Å². The molecule has 0 aromatic rings. The molecule has 0 aromatic heterocycles. The third-order valence-electron chi connectivity index (χ3n) is 3.12. The fourth-order valence-electron chi connectivity index (χ4n) is 1.52. The topological polar surface area (TPSA) is 85.8 Å². The van der Waals surface area contributed by atoms with Gasteiger partial charge in [0, 0.05) is 39.5 Å². The lowest BCUT2D eigenvalue weighted by Crippen LogP contribution is -2.48. The van der Waals surface area contributed by atoms with Crippen molar-refractivity contribution in [2.75, 3.05) is 52.3 Å². The largest absolute Gasteiger partial charge is 0.356 e. The standard InChI is InChI=1S/C15H31N5O2S/c1-7-16-13(22)15(2,3)11-19-14(17-8-9-23-6)18-10-12(21)20(4)5/h7-11H2,1-6H3,(H,16,22)(H2,17,18,19). The Kier molecular flexibility index (Phi) is 10.5. The van der Waals surface area contributed by atoms with Crippen molar-refractivity contribution in [3.63, 3.8) is 0 Å². The van der Waals surface area contributed by atoms with E-state index in [1.807, 2.05) is 27.0 Å². The molecule has 0 atom stereocenters. The van der Waals surface area contributed by atoms with Crippen LogP contribution in [0.3, 0.4) is 0 Å². The van der Waals surface area contributed by atoms with Crippen molar-refractivity contribution in [1.29, 1.82) is 0 Å². The van der Waals surface area contributed by atoms with Crippen molar-refractivity contribution in [2.24, 2.45) is 10.4 Å². The molecule has 0 fully saturated rings. The molecule has 7 nitrogen and oxygen atoms in total. The molecule has 0 bridgehead atoms. The maximum absolute atomic E-state index is 12.0. The van der Waals surface area contributed by atoms with Crippen molar-refractivity contribution >= 4 is 29.5 Å². The first-order valence-corrected chi connectivity index (χ1v) is 9.13. The Morgan fingerprint density at radius 1 is 1.17 bits per heavy atom. The van der Waals surface area contributed by atoms with E-state index in [0.717, 1.165) is 12.3 Å². The molecule has 0 aliphatic rings. The summed E-state index contributed by atoms with van der Waals surface area (Å²) < 4.78 is 0. The lowest BCUT2D eigenvalue weighted by atomic mass is 9.92. The molecular formula is C15H31N5O2S. The lowest BCUT2D eigenvalue weighted by molar-refractivity contribution is -0.129. The Balaban J connectivity index is 4.71. The molecule has 0 aliphatic heterocycles. The first kappa shape index (κ1) is 21.6. The summed E-state index contributed by atoms with van der Waals surface area (Å²) in [6.45, 7) is 7.48. The molecular weight excluding hydrogens is 314 g/mol. The summed E-state index contributed by atoms with van der Waals surface area (Å²) in [6.07, 6.45) is 2.03. The number of hydrogen-bond donors (Lipinski definition) is 3. The minimum absolute atomic E-state index is 0.0136. The predicted octanol–water partition coefficient (Wildman–Crippen LogP) is 0.135. The molecule has 23 heavy (non-hydrogen) atoms. The van der Waals surface area contributed by atoms with Crippen LogP contribution in [0.5, 0.6) is 0 Å². The molecule has 0 aliphatic carbocycles. The highest BCUT2D eigenvalue weighted by atomic mass is 32.2. The second kappa shape index (κ2) is 11.2. The summed E-state index contributed by atoms with van der Waals surface area (Å²) in [5.41, 5.74) is -0.566. The highest BCUT2D eigenvalue weighted by molar-refractivity contribution is 7.98. The molecule has 0 aromatic carbocycles. The molecule has 134 valence electrons. The minimum Gasteiger partial charge on any atom is -0.356 e. The maximum atomic E-state index is 12.0. The Labute approximate surface area is 144 Å².